The van der Waals surface area contributed by atoms with Crippen LogP contribution < -0.4 is 0 Å². The zero-order chi connectivity index (χ0) is 16.8. The van der Waals surface area contributed by atoms with Gasteiger partial charge >= 0.3 is 0 Å². The van der Waals surface area contributed by atoms with Crippen molar-refractivity contribution in [1.29, 1.82) is 0 Å². The topological polar surface area (TPSA) is 78.1 Å². The van der Waals surface area contributed by atoms with Gasteiger partial charge in [-0.2, -0.15) is 0 Å². The fraction of sp³-hybridized carbons (Fsp3) is 0. The Morgan fingerprint density at radius 2 is 1.28 bits per heavy atom. The maximum Gasteiger partial charge on any atom is 0.178 e. The van der Waals surface area contributed by atoms with E-state index in [4.69, 9.17) is 0 Å². The van der Waals surface area contributed by atoms with Gasteiger partial charge in [0, 0.05) is 49.2 Å². The summed E-state index contributed by atoms with van der Waals surface area (Å²) in [5, 5.41) is 19.5. The number of aromatic nitrogens is 1. The van der Waals surface area contributed by atoms with E-state index in [-0.39, 0.29) is 31.0 Å². The summed E-state index contributed by atoms with van der Waals surface area (Å²) < 4.78 is 0. The van der Waals surface area contributed by atoms with E-state index in [1.165, 1.54) is 6.21 Å². The van der Waals surface area contributed by atoms with Crippen LogP contribution in [0.3, 0.4) is 0 Å². The minimum atomic E-state index is 0. The molecule has 0 saturated carbocycles. The second-order valence-corrected chi connectivity index (χ2v) is 4.98. The fourth-order valence-corrected chi connectivity index (χ4v) is 2.05. The van der Waals surface area contributed by atoms with Gasteiger partial charge in [0.05, 0.1) is 0 Å². The molecule has 0 saturated heterocycles. The number of nitrogens with zero attached hydrogens (tertiary/aromatic N) is 3. The van der Waals surface area contributed by atoms with E-state index in [1.54, 1.807) is 60.9 Å². The number of rotatable bonds is 4. The van der Waals surface area contributed by atoms with E-state index in [1.807, 2.05) is 12.1 Å². The number of aliphatic imine (C=N–C) groups is 2. The number of aromatic hydroxyl groups is 2. The molecule has 120 valence electrons. The normalized spacial score (nSPS) is 10.9. The molecule has 0 fully saturated rings. The molecule has 2 N–H and O–H groups in total. The Kier molecular flexibility index (Phi) is 6.55. The van der Waals surface area contributed by atoms with Crippen molar-refractivity contribution in [3.05, 3.63) is 78.0 Å². The Balaban J connectivity index is 0.00000225. The zero-order valence-corrected chi connectivity index (χ0v) is 16.4. The third-order valence-corrected chi connectivity index (χ3v) is 3.31. The third kappa shape index (κ3) is 4.81. The van der Waals surface area contributed by atoms with Crippen molar-refractivity contribution in [3.8, 4) is 11.5 Å². The molecule has 2 aromatic carbocycles. The average molecular weight is 383 g/mol. The van der Waals surface area contributed by atoms with Gasteiger partial charge in [-0.3, -0.25) is 4.99 Å². The standard InChI is InChI=1S/C19H15N3O2.Zn/c23-17-9-3-1-6-14(17)12-21-16-8-5-11-20-19(16)22-13-15-7-2-4-10-18(15)24;/h1-13,23-24H;. The maximum absolute atomic E-state index is 9.78. The van der Waals surface area contributed by atoms with Crippen molar-refractivity contribution in [2.45, 2.75) is 0 Å². The number of hydrogen-bond donors (Lipinski definition) is 2. The summed E-state index contributed by atoms with van der Waals surface area (Å²) >= 11 is 0. The second-order valence-electron chi connectivity index (χ2n) is 4.98. The van der Waals surface area contributed by atoms with E-state index in [2.05, 4.69) is 15.0 Å². The molecule has 1 aromatic heterocycles. The summed E-state index contributed by atoms with van der Waals surface area (Å²) in [5.41, 5.74) is 1.77. The number of benzene rings is 2. The van der Waals surface area contributed by atoms with Gasteiger partial charge in [0.15, 0.2) is 5.82 Å². The van der Waals surface area contributed by atoms with Crippen LogP contribution in [0.2, 0.25) is 0 Å². The van der Waals surface area contributed by atoms with Crippen LogP contribution in [0.25, 0.3) is 0 Å². The molecular formula is C19H15N3O2Zn. The Labute approximate surface area is 158 Å². The van der Waals surface area contributed by atoms with Gasteiger partial charge < -0.3 is 10.2 Å². The molecule has 0 radical (unpaired) electrons. The summed E-state index contributed by atoms with van der Waals surface area (Å²) in [6.45, 7) is 0. The summed E-state index contributed by atoms with van der Waals surface area (Å²) in [7, 11) is 0. The number of pyridine rings is 1. The van der Waals surface area contributed by atoms with Gasteiger partial charge in [0.25, 0.3) is 0 Å². The molecule has 0 unspecified atom stereocenters. The first kappa shape index (κ1) is 18.5. The van der Waals surface area contributed by atoms with Crippen molar-refractivity contribution < 1.29 is 29.7 Å². The Morgan fingerprint density at radius 3 is 1.88 bits per heavy atom. The van der Waals surface area contributed by atoms with Crippen LogP contribution in [-0.4, -0.2) is 27.6 Å². The number of hydrogen-bond acceptors (Lipinski definition) is 5. The van der Waals surface area contributed by atoms with Crippen molar-refractivity contribution in [2.75, 3.05) is 0 Å². The van der Waals surface area contributed by atoms with E-state index < -0.39 is 0 Å². The van der Waals surface area contributed by atoms with Gasteiger partial charge in [-0.25, -0.2) is 9.98 Å². The SMILES string of the molecule is Oc1ccccc1C=Nc1cccnc1N=Cc1ccccc1O.[Zn]. The first-order valence-corrected chi connectivity index (χ1v) is 7.33. The monoisotopic (exact) mass is 381 g/mol. The zero-order valence-electron chi connectivity index (χ0n) is 13.4. The van der Waals surface area contributed by atoms with Crippen LogP contribution in [0.15, 0.2) is 76.8 Å². The molecule has 0 spiro atoms. The van der Waals surface area contributed by atoms with Crippen molar-refractivity contribution >= 4 is 23.9 Å². The first-order chi connectivity index (χ1) is 11.7. The number of phenolic OH excluding ortho intramolecular Hbond substituents is 2. The maximum atomic E-state index is 9.78. The molecule has 0 aliphatic heterocycles. The molecule has 0 bridgehead atoms. The Morgan fingerprint density at radius 1 is 0.720 bits per heavy atom. The summed E-state index contributed by atoms with van der Waals surface area (Å²) in [5.74, 6) is 0.730. The van der Waals surface area contributed by atoms with Crippen LogP contribution in [0.4, 0.5) is 11.5 Å². The van der Waals surface area contributed by atoms with Crippen LogP contribution in [0.5, 0.6) is 11.5 Å². The van der Waals surface area contributed by atoms with Gasteiger partial charge in [-0.15, -0.1) is 0 Å². The predicted octanol–water partition coefficient (Wildman–Crippen LogP) is 3.99. The number of phenols is 2. The minimum absolute atomic E-state index is 0. The number of para-hydroxylation sites is 2. The van der Waals surface area contributed by atoms with E-state index in [0.29, 0.717) is 22.6 Å². The minimum Gasteiger partial charge on any atom is -0.507 e. The second kappa shape index (κ2) is 8.85. The van der Waals surface area contributed by atoms with Gasteiger partial charge in [0.2, 0.25) is 0 Å². The van der Waals surface area contributed by atoms with Crippen LogP contribution >= 0.6 is 0 Å². The first-order valence-electron chi connectivity index (χ1n) is 7.33. The average Bonchev–Trinajstić information content (AvgIpc) is 2.61. The molecular weight excluding hydrogens is 368 g/mol. The molecule has 0 aliphatic carbocycles. The Bertz CT molecular complexity index is 836. The fourth-order valence-electron chi connectivity index (χ4n) is 2.05. The molecule has 25 heavy (non-hydrogen) atoms. The van der Waals surface area contributed by atoms with Crippen molar-refractivity contribution in [3.63, 3.8) is 0 Å². The molecule has 6 heteroatoms. The van der Waals surface area contributed by atoms with Gasteiger partial charge in [-0.1, -0.05) is 24.3 Å². The van der Waals surface area contributed by atoms with E-state index in [0.717, 1.165) is 0 Å². The van der Waals surface area contributed by atoms with Gasteiger partial charge in [0.1, 0.15) is 17.2 Å². The summed E-state index contributed by atoms with van der Waals surface area (Å²) in [4.78, 5) is 12.9. The molecule has 0 aliphatic rings. The Hall–Kier alpha value is -2.85. The molecule has 3 aromatic rings. The van der Waals surface area contributed by atoms with Gasteiger partial charge in [-0.05, 0) is 36.4 Å². The molecule has 1 heterocycles. The van der Waals surface area contributed by atoms with E-state index in [9.17, 15) is 10.2 Å². The van der Waals surface area contributed by atoms with Crippen molar-refractivity contribution in [2.24, 2.45) is 9.98 Å². The summed E-state index contributed by atoms with van der Waals surface area (Å²) in [6.07, 6.45) is 4.72. The summed E-state index contributed by atoms with van der Waals surface area (Å²) in [6, 6.07) is 17.4. The van der Waals surface area contributed by atoms with Crippen molar-refractivity contribution in [1.82, 2.24) is 4.98 Å². The third-order valence-electron chi connectivity index (χ3n) is 3.31. The smallest absolute Gasteiger partial charge is 0.178 e. The molecule has 0 amide bonds. The predicted molar refractivity (Wildman–Crippen MR) is 95.0 cm³/mol. The van der Waals surface area contributed by atoms with E-state index >= 15 is 0 Å². The molecule has 5 nitrogen and oxygen atoms in total. The molecule has 3 rings (SSSR count). The van der Waals surface area contributed by atoms with Crippen LogP contribution in [-0.2, 0) is 19.5 Å². The van der Waals surface area contributed by atoms with Crippen LogP contribution in [0, 0.1) is 0 Å². The molecule has 0 atom stereocenters. The largest absolute Gasteiger partial charge is 0.507 e. The quantitative estimate of drug-likeness (QED) is 0.529. The van der Waals surface area contributed by atoms with Crippen LogP contribution in [0.1, 0.15) is 11.1 Å².